The molecule has 0 radical (unpaired) electrons. The first-order valence-corrected chi connectivity index (χ1v) is 6.62. The molecule has 0 aliphatic heterocycles. The maximum atomic E-state index is 12.0. The fraction of sp³-hybridized carbons (Fsp3) is 0.400. The maximum absolute atomic E-state index is 12.0. The summed E-state index contributed by atoms with van der Waals surface area (Å²) in [5.74, 6) is 0. The van der Waals surface area contributed by atoms with E-state index in [-0.39, 0.29) is 12.6 Å². The summed E-state index contributed by atoms with van der Waals surface area (Å²) in [6, 6.07) is 7.94. The lowest BCUT2D eigenvalue weighted by atomic mass is 9.93. The van der Waals surface area contributed by atoms with Gasteiger partial charge in [-0.1, -0.05) is 24.3 Å². The molecule has 1 aromatic rings. The van der Waals surface area contributed by atoms with Crippen LogP contribution in [0.15, 0.2) is 30.3 Å². The Morgan fingerprint density at radius 1 is 1.53 bits per heavy atom. The second-order valence-electron chi connectivity index (χ2n) is 4.82. The smallest absolute Gasteiger partial charge is 0.321 e. The van der Waals surface area contributed by atoms with Crippen LogP contribution in [-0.2, 0) is 0 Å². The first kappa shape index (κ1) is 13.6. The molecule has 0 saturated heterocycles. The van der Waals surface area contributed by atoms with E-state index in [1.165, 1.54) is 6.42 Å². The highest BCUT2D eigenvalue weighted by atomic mass is 16.2. The number of carbonyl (C=O) groups is 1. The molecule has 2 amide bonds. The quantitative estimate of drug-likeness (QED) is 0.873. The molecule has 2 rings (SSSR count). The van der Waals surface area contributed by atoms with Gasteiger partial charge in [0.2, 0.25) is 0 Å². The number of hydrogen-bond donors (Lipinski definition) is 2. The van der Waals surface area contributed by atoms with Crippen LogP contribution in [0.25, 0.3) is 6.08 Å². The Hall–Kier alpha value is -1.81. The molecule has 1 saturated carbocycles. The minimum Gasteiger partial charge on any atom is -0.392 e. The van der Waals surface area contributed by atoms with E-state index in [0.717, 1.165) is 24.1 Å². The van der Waals surface area contributed by atoms with E-state index in [1.807, 2.05) is 30.3 Å². The first-order valence-electron chi connectivity index (χ1n) is 6.62. The number of aliphatic hydroxyl groups excluding tert-OH is 1. The second-order valence-corrected chi connectivity index (χ2v) is 4.82. The van der Waals surface area contributed by atoms with Crippen molar-refractivity contribution < 1.29 is 9.90 Å². The number of aliphatic hydroxyl groups is 1. The molecule has 0 aromatic heterocycles. The van der Waals surface area contributed by atoms with Gasteiger partial charge in [0.25, 0.3) is 0 Å². The number of amides is 2. The normalized spacial score (nSPS) is 15.3. The SMILES string of the molecule is CN(C(=O)NC1CCC1)c1cccc(/C=C/CO)c1. The van der Waals surface area contributed by atoms with Crippen molar-refractivity contribution in [2.75, 3.05) is 18.6 Å². The standard InChI is InChI=1S/C15H20N2O2/c1-17(15(19)16-13-7-3-8-13)14-9-2-5-12(11-14)6-4-10-18/h2,4-6,9,11,13,18H,3,7-8,10H2,1H3,(H,16,19)/b6-4+. The van der Waals surface area contributed by atoms with Gasteiger partial charge in [-0.15, -0.1) is 0 Å². The third kappa shape index (κ3) is 3.58. The van der Waals surface area contributed by atoms with E-state index in [0.29, 0.717) is 6.04 Å². The van der Waals surface area contributed by atoms with Gasteiger partial charge in [0.1, 0.15) is 0 Å². The molecule has 4 heteroatoms. The largest absolute Gasteiger partial charge is 0.392 e. The molecule has 1 fully saturated rings. The van der Waals surface area contributed by atoms with Crippen LogP contribution in [0.1, 0.15) is 24.8 Å². The highest BCUT2D eigenvalue weighted by Crippen LogP contribution is 2.20. The summed E-state index contributed by atoms with van der Waals surface area (Å²) in [7, 11) is 1.77. The molecule has 0 heterocycles. The Morgan fingerprint density at radius 2 is 2.32 bits per heavy atom. The van der Waals surface area contributed by atoms with Gasteiger partial charge in [-0.3, -0.25) is 4.90 Å². The zero-order chi connectivity index (χ0) is 13.7. The summed E-state index contributed by atoms with van der Waals surface area (Å²) in [6.07, 6.45) is 6.88. The average Bonchev–Trinajstić information content (AvgIpc) is 2.39. The van der Waals surface area contributed by atoms with Crippen LogP contribution in [0.2, 0.25) is 0 Å². The highest BCUT2D eigenvalue weighted by molar-refractivity contribution is 5.91. The Balaban J connectivity index is 2.02. The molecule has 19 heavy (non-hydrogen) atoms. The van der Waals surface area contributed by atoms with Crippen LogP contribution in [0.3, 0.4) is 0 Å². The van der Waals surface area contributed by atoms with Crippen molar-refractivity contribution >= 4 is 17.8 Å². The summed E-state index contributed by atoms with van der Waals surface area (Å²) < 4.78 is 0. The predicted molar refractivity (Wildman–Crippen MR) is 77.1 cm³/mol. The summed E-state index contributed by atoms with van der Waals surface area (Å²) in [4.78, 5) is 13.6. The van der Waals surface area contributed by atoms with Crippen LogP contribution in [0.4, 0.5) is 10.5 Å². The van der Waals surface area contributed by atoms with Crippen LogP contribution in [0.5, 0.6) is 0 Å². The Kier molecular flexibility index (Phi) is 4.58. The van der Waals surface area contributed by atoms with Gasteiger partial charge in [-0.2, -0.15) is 0 Å². The monoisotopic (exact) mass is 260 g/mol. The van der Waals surface area contributed by atoms with Crippen molar-refractivity contribution in [3.05, 3.63) is 35.9 Å². The van der Waals surface area contributed by atoms with Gasteiger partial charge in [0.05, 0.1) is 6.61 Å². The zero-order valence-corrected chi connectivity index (χ0v) is 11.2. The number of anilines is 1. The fourth-order valence-electron chi connectivity index (χ4n) is 1.97. The van der Waals surface area contributed by atoms with E-state index in [4.69, 9.17) is 5.11 Å². The number of urea groups is 1. The maximum Gasteiger partial charge on any atom is 0.321 e. The fourth-order valence-corrected chi connectivity index (χ4v) is 1.97. The number of benzene rings is 1. The van der Waals surface area contributed by atoms with E-state index in [1.54, 1.807) is 18.0 Å². The van der Waals surface area contributed by atoms with Gasteiger partial charge >= 0.3 is 6.03 Å². The third-order valence-electron chi connectivity index (χ3n) is 3.41. The summed E-state index contributed by atoms with van der Waals surface area (Å²) in [6.45, 7) is 0.0161. The summed E-state index contributed by atoms with van der Waals surface area (Å²) in [5, 5.41) is 11.8. The predicted octanol–water partition coefficient (Wildman–Crippen LogP) is 2.39. The number of nitrogens with zero attached hydrogens (tertiary/aromatic N) is 1. The minimum atomic E-state index is -0.0620. The van der Waals surface area contributed by atoms with Gasteiger partial charge in [-0.05, 0) is 37.0 Å². The molecule has 1 aromatic carbocycles. The summed E-state index contributed by atoms with van der Waals surface area (Å²) in [5.41, 5.74) is 1.81. The van der Waals surface area contributed by atoms with E-state index >= 15 is 0 Å². The number of rotatable bonds is 4. The van der Waals surface area contributed by atoms with E-state index in [2.05, 4.69) is 5.32 Å². The zero-order valence-electron chi connectivity index (χ0n) is 11.2. The molecular weight excluding hydrogens is 240 g/mol. The van der Waals surface area contributed by atoms with E-state index < -0.39 is 0 Å². The van der Waals surface area contributed by atoms with Crippen molar-refractivity contribution in [3.8, 4) is 0 Å². The molecule has 1 aliphatic rings. The molecule has 0 atom stereocenters. The topological polar surface area (TPSA) is 52.6 Å². The number of hydrogen-bond acceptors (Lipinski definition) is 2. The third-order valence-corrected chi connectivity index (χ3v) is 3.41. The number of nitrogens with one attached hydrogen (secondary N) is 1. The number of carbonyl (C=O) groups excluding carboxylic acids is 1. The minimum absolute atomic E-state index is 0.0161. The first-order chi connectivity index (χ1) is 9.20. The molecule has 1 aliphatic carbocycles. The molecule has 0 spiro atoms. The highest BCUT2D eigenvalue weighted by Gasteiger charge is 2.21. The van der Waals surface area contributed by atoms with Crippen molar-refractivity contribution in [1.82, 2.24) is 5.32 Å². The lowest BCUT2D eigenvalue weighted by Crippen LogP contribution is -2.46. The van der Waals surface area contributed by atoms with Crippen LogP contribution < -0.4 is 10.2 Å². The Bertz CT molecular complexity index is 467. The second kappa shape index (κ2) is 6.38. The lowest BCUT2D eigenvalue weighted by Gasteiger charge is -2.29. The lowest BCUT2D eigenvalue weighted by molar-refractivity contribution is 0.235. The molecule has 4 nitrogen and oxygen atoms in total. The van der Waals surface area contributed by atoms with Gasteiger partial charge in [0.15, 0.2) is 0 Å². The van der Waals surface area contributed by atoms with Crippen molar-refractivity contribution in [2.45, 2.75) is 25.3 Å². The van der Waals surface area contributed by atoms with Crippen LogP contribution >= 0.6 is 0 Å². The molecular formula is C15H20N2O2. The molecule has 0 bridgehead atoms. The van der Waals surface area contributed by atoms with Crippen molar-refractivity contribution in [1.29, 1.82) is 0 Å². The van der Waals surface area contributed by atoms with Crippen molar-refractivity contribution in [3.63, 3.8) is 0 Å². The van der Waals surface area contributed by atoms with Gasteiger partial charge < -0.3 is 10.4 Å². The van der Waals surface area contributed by atoms with Crippen LogP contribution in [-0.4, -0.2) is 30.8 Å². The molecule has 102 valence electrons. The van der Waals surface area contributed by atoms with Gasteiger partial charge in [-0.25, -0.2) is 4.79 Å². The average molecular weight is 260 g/mol. The van der Waals surface area contributed by atoms with Crippen LogP contribution in [0, 0.1) is 0 Å². The Morgan fingerprint density at radius 3 is 2.95 bits per heavy atom. The summed E-state index contributed by atoms with van der Waals surface area (Å²) >= 11 is 0. The Labute approximate surface area is 113 Å². The van der Waals surface area contributed by atoms with Crippen molar-refractivity contribution in [2.24, 2.45) is 0 Å². The molecule has 0 unspecified atom stereocenters. The van der Waals surface area contributed by atoms with Gasteiger partial charge in [0, 0.05) is 18.8 Å². The van der Waals surface area contributed by atoms with E-state index in [9.17, 15) is 4.79 Å². The molecule has 2 N–H and O–H groups in total.